The van der Waals surface area contributed by atoms with Crippen LogP contribution in [-0.2, 0) is 18.3 Å². The van der Waals surface area contributed by atoms with Crippen LogP contribution < -0.4 is 14.8 Å². The van der Waals surface area contributed by atoms with E-state index in [0.717, 1.165) is 22.2 Å². The zero-order valence-corrected chi connectivity index (χ0v) is 14.3. The number of anilines is 1. The highest BCUT2D eigenvalue weighted by Gasteiger charge is 2.16. The number of para-hydroxylation sites is 1. The van der Waals surface area contributed by atoms with E-state index in [1.165, 1.54) is 0 Å². The third kappa shape index (κ3) is 2.82. The predicted molar refractivity (Wildman–Crippen MR) is 97.4 cm³/mol. The van der Waals surface area contributed by atoms with Crippen molar-refractivity contribution >= 4 is 22.5 Å². The number of ether oxygens (including phenoxy) is 2. The summed E-state index contributed by atoms with van der Waals surface area (Å²) in [6, 6.07) is 13.6. The highest BCUT2D eigenvalue weighted by Crippen LogP contribution is 2.33. The summed E-state index contributed by atoms with van der Waals surface area (Å²) in [6.07, 6.45) is 0.335. The third-order valence-corrected chi connectivity index (χ3v) is 4.69. The lowest BCUT2D eigenvalue weighted by atomic mass is 10.1. The van der Waals surface area contributed by atoms with Gasteiger partial charge in [-0.2, -0.15) is 0 Å². The molecule has 2 heterocycles. The second-order valence-electron chi connectivity index (χ2n) is 6.22. The Labute approximate surface area is 146 Å². The second-order valence-corrected chi connectivity index (χ2v) is 6.22. The first kappa shape index (κ1) is 15.6. The Hall–Kier alpha value is -2.95. The fourth-order valence-electron chi connectivity index (χ4n) is 3.31. The highest BCUT2D eigenvalue weighted by molar-refractivity contribution is 5.96. The largest absolute Gasteiger partial charge is 0.486 e. The number of aromatic nitrogens is 1. The van der Waals surface area contributed by atoms with Crippen LogP contribution in [0, 0.1) is 6.92 Å². The van der Waals surface area contributed by atoms with E-state index < -0.39 is 0 Å². The summed E-state index contributed by atoms with van der Waals surface area (Å²) in [5.74, 6) is 1.34. The number of rotatable bonds is 3. The van der Waals surface area contributed by atoms with Gasteiger partial charge in [0.15, 0.2) is 11.5 Å². The van der Waals surface area contributed by atoms with Crippen molar-refractivity contribution in [1.82, 2.24) is 4.57 Å². The van der Waals surface area contributed by atoms with E-state index in [2.05, 4.69) is 22.0 Å². The molecule has 1 aromatic heterocycles. The highest BCUT2D eigenvalue weighted by atomic mass is 16.6. The summed E-state index contributed by atoms with van der Waals surface area (Å²) in [7, 11) is 2.03. The summed E-state index contributed by atoms with van der Waals surface area (Å²) in [4.78, 5) is 12.6. The molecule has 1 N–H and O–H groups in total. The fraction of sp³-hybridized carbons (Fsp3) is 0.250. The Bertz CT molecular complexity index is 959. The van der Waals surface area contributed by atoms with Crippen LogP contribution in [0.4, 0.5) is 5.69 Å². The van der Waals surface area contributed by atoms with E-state index >= 15 is 0 Å². The maximum Gasteiger partial charge on any atom is 0.228 e. The van der Waals surface area contributed by atoms with Crippen molar-refractivity contribution in [2.24, 2.45) is 7.05 Å². The van der Waals surface area contributed by atoms with Crippen LogP contribution in [0.3, 0.4) is 0 Å². The van der Waals surface area contributed by atoms with E-state index in [0.29, 0.717) is 36.8 Å². The number of nitrogens with one attached hydrogen (secondary N) is 1. The zero-order chi connectivity index (χ0) is 17.4. The smallest absolute Gasteiger partial charge is 0.228 e. The molecule has 5 nitrogen and oxygen atoms in total. The van der Waals surface area contributed by atoms with Crippen LogP contribution in [0.1, 0.15) is 11.3 Å². The summed E-state index contributed by atoms with van der Waals surface area (Å²) in [5, 5.41) is 4.08. The first-order valence-electron chi connectivity index (χ1n) is 8.36. The Balaban J connectivity index is 1.56. The minimum Gasteiger partial charge on any atom is -0.486 e. The van der Waals surface area contributed by atoms with Gasteiger partial charge in [0.25, 0.3) is 0 Å². The van der Waals surface area contributed by atoms with Gasteiger partial charge in [0, 0.05) is 35.4 Å². The van der Waals surface area contributed by atoms with Crippen LogP contribution in [0.15, 0.2) is 42.5 Å². The molecule has 5 heteroatoms. The number of aryl methyl sites for hydroxylation is 1. The van der Waals surface area contributed by atoms with Gasteiger partial charge >= 0.3 is 0 Å². The summed E-state index contributed by atoms with van der Waals surface area (Å²) >= 11 is 0. The summed E-state index contributed by atoms with van der Waals surface area (Å²) in [5.41, 5.74) is 4.03. The average molecular weight is 336 g/mol. The fourth-order valence-corrected chi connectivity index (χ4v) is 3.31. The molecule has 0 aliphatic carbocycles. The molecule has 0 unspecified atom stereocenters. The van der Waals surface area contributed by atoms with Gasteiger partial charge in [0.2, 0.25) is 5.91 Å². The van der Waals surface area contributed by atoms with Gasteiger partial charge in [-0.05, 0) is 30.7 Å². The molecule has 0 fully saturated rings. The second kappa shape index (κ2) is 6.16. The molecule has 0 saturated carbocycles. The maximum atomic E-state index is 12.6. The van der Waals surface area contributed by atoms with Gasteiger partial charge in [-0.3, -0.25) is 4.79 Å². The minimum atomic E-state index is -0.0452. The SMILES string of the molecule is Cc1c(CC(=O)Nc2ccc3c(c2)OCCO3)c2ccccc2n1C. The molecule has 1 aliphatic rings. The van der Waals surface area contributed by atoms with Crippen molar-refractivity contribution in [2.75, 3.05) is 18.5 Å². The van der Waals surface area contributed by atoms with Crippen LogP contribution in [0.2, 0.25) is 0 Å². The number of hydrogen-bond donors (Lipinski definition) is 1. The topological polar surface area (TPSA) is 52.5 Å². The van der Waals surface area contributed by atoms with E-state index in [4.69, 9.17) is 9.47 Å². The Morgan fingerprint density at radius 1 is 1.12 bits per heavy atom. The van der Waals surface area contributed by atoms with Crippen molar-refractivity contribution < 1.29 is 14.3 Å². The van der Waals surface area contributed by atoms with E-state index in [-0.39, 0.29) is 5.91 Å². The molecule has 2 aromatic carbocycles. The standard InChI is InChI=1S/C20H20N2O3/c1-13-16(15-5-3-4-6-17(15)22(13)2)12-20(23)21-14-7-8-18-19(11-14)25-10-9-24-18/h3-8,11H,9-10,12H2,1-2H3,(H,21,23). The van der Waals surface area contributed by atoms with Crippen molar-refractivity contribution in [1.29, 1.82) is 0 Å². The van der Waals surface area contributed by atoms with Crippen LogP contribution in [-0.4, -0.2) is 23.7 Å². The number of benzene rings is 2. The summed E-state index contributed by atoms with van der Waals surface area (Å²) < 4.78 is 13.2. The summed E-state index contributed by atoms with van der Waals surface area (Å²) in [6.45, 7) is 3.13. The molecular weight excluding hydrogens is 316 g/mol. The van der Waals surface area contributed by atoms with Crippen molar-refractivity contribution in [3.8, 4) is 11.5 Å². The van der Waals surface area contributed by atoms with E-state index in [1.807, 2.05) is 44.3 Å². The quantitative estimate of drug-likeness (QED) is 0.797. The normalized spacial score (nSPS) is 13.0. The molecule has 0 bridgehead atoms. The molecule has 0 radical (unpaired) electrons. The molecule has 1 aliphatic heterocycles. The number of carbonyl (C=O) groups excluding carboxylic acids is 1. The van der Waals surface area contributed by atoms with Crippen molar-refractivity contribution in [3.63, 3.8) is 0 Å². The molecule has 0 atom stereocenters. The Kier molecular flexibility index (Phi) is 3.84. The van der Waals surface area contributed by atoms with E-state index in [9.17, 15) is 4.79 Å². The third-order valence-electron chi connectivity index (χ3n) is 4.69. The number of nitrogens with zero attached hydrogens (tertiary/aromatic N) is 1. The number of carbonyl (C=O) groups is 1. The lowest BCUT2D eigenvalue weighted by molar-refractivity contribution is -0.115. The average Bonchev–Trinajstić information content (AvgIpc) is 2.87. The van der Waals surface area contributed by atoms with Crippen LogP contribution >= 0.6 is 0 Å². The minimum absolute atomic E-state index is 0.0452. The maximum absolute atomic E-state index is 12.6. The van der Waals surface area contributed by atoms with Crippen molar-refractivity contribution in [2.45, 2.75) is 13.3 Å². The molecule has 4 rings (SSSR count). The van der Waals surface area contributed by atoms with Gasteiger partial charge in [-0.15, -0.1) is 0 Å². The Morgan fingerprint density at radius 2 is 1.88 bits per heavy atom. The first-order valence-corrected chi connectivity index (χ1v) is 8.36. The van der Waals surface area contributed by atoms with E-state index in [1.54, 1.807) is 0 Å². The molecule has 3 aromatic rings. The molecule has 1 amide bonds. The van der Waals surface area contributed by atoms with Gasteiger partial charge in [0.05, 0.1) is 6.42 Å². The zero-order valence-electron chi connectivity index (χ0n) is 14.3. The van der Waals surface area contributed by atoms with Gasteiger partial charge in [-0.25, -0.2) is 0 Å². The molecular formula is C20H20N2O3. The van der Waals surface area contributed by atoms with Gasteiger partial charge < -0.3 is 19.4 Å². The monoisotopic (exact) mass is 336 g/mol. The molecule has 25 heavy (non-hydrogen) atoms. The van der Waals surface area contributed by atoms with Gasteiger partial charge in [-0.1, -0.05) is 18.2 Å². The lowest BCUT2D eigenvalue weighted by Crippen LogP contribution is -2.17. The lowest BCUT2D eigenvalue weighted by Gasteiger charge is -2.19. The Morgan fingerprint density at radius 3 is 2.72 bits per heavy atom. The number of amides is 1. The van der Waals surface area contributed by atoms with Crippen LogP contribution in [0.5, 0.6) is 11.5 Å². The number of hydrogen-bond acceptors (Lipinski definition) is 3. The number of fused-ring (bicyclic) bond motifs is 2. The van der Waals surface area contributed by atoms with Crippen LogP contribution in [0.25, 0.3) is 10.9 Å². The molecule has 128 valence electrons. The first-order chi connectivity index (χ1) is 12.1. The van der Waals surface area contributed by atoms with Crippen molar-refractivity contribution in [3.05, 3.63) is 53.7 Å². The molecule has 0 saturated heterocycles. The van der Waals surface area contributed by atoms with Gasteiger partial charge in [0.1, 0.15) is 13.2 Å². The molecule has 0 spiro atoms. The predicted octanol–water partition coefficient (Wildman–Crippen LogP) is 3.44.